The number of nitrogens with zero attached hydrogens (tertiary/aromatic N) is 7. The fourth-order valence-corrected chi connectivity index (χ4v) is 15.3. The summed E-state index contributed by atoms with van der Waals surface area (Å²) >= 11 is 0. The third-order valence-electron chi connectivity index (χ3n) is 23.1. The Labute approximate surface area is 755 Å². The maximum Gasteiger partial charge on any atom is 0.258 e. The summed E-state index contributed by atoms with van der Waals surface area (Å²) in [7, 11) is 0. The van der Waals surface area contributed by atoms with Crippen LogP contribution in [0.2, 0.25) is 0 Å². The summed E-state index contributed by atoms with van der Waals surface area (Å²) in [6, 6.07) is 3.11. The minimum Gasteiger partial charge on any atom is -0.330 e. The number of hydrogen-bond acceptors (Lipinski definition) is 18. The first-order chi connectivity index (χ1) is 57.1. The van der Waals surface area contributed by atoms with Gasteiger partial charge in [0.05, 0.1) is 24.7 Å². The minimum absolute atomic E-state index is 0.00470. The smallest absolute Gasteiger partial charge is 0.258 e. The monoisotopic (exact) mass is 1760 g/mol. The van der Waals surface area contributed by atoms with Crippen LogP contribution in [0.25, 0.3) is 0 Å². The van der Waals surface area contributed by atoms with E-state index in [-0.39, 0.29) is 96.1 Å². The molecule has 1 unspecified atom stereocenters. The molecule has 1 aromatic carbocycles. The number of likely N-dealkylation sites (tertiary alicyclic amines) is 1. The SMILES string of the molecule is CC(C)(C)C(=O)C(CN1C(=O)C=C(C(C)(C)C)C1=O)N1C(=O)C=C(C(C)(C)C)C1=O.CC(C)(C)C(=O)[C@H](CCCCN1C(=O)C=C(C(C)(C)C)C1=O)N1C(=O)C=C(C(C)(C)C)C1=O.CC(C)(C)CCC(=O)N1C[C@@H](N2C(=O)C=C(C(C)(C)C)C2=O)C[C@H]1C(=O)C(C)(C)C.CC(C)(C)CCC(=O)Nc1ccc(C[C@@H](C(=O)C(C)(C)C)N2C(=O)C=C(C(C)(C)C)C2=O)cc1. The Morgan fingerprint density at radius 1 is 0.362 bits per heavy atom. The zero-order valence-corrected chi connectivity index (χ0v) is 83.1. The van der Waals surface area contributed by atoms with E-state index in [1.807, 2.05) is 137 Å². The quantitative estimate of drug-likeness (QED) is 0.0832. The fraction of sp³-hybridized carbons (Fsp3) is 0.644. The largest absolute Gasteiger partial charge is 0.330 e. The summed E-state index contributed by atoms with van der Waals surface area (Å²) < 4.78 is 0. The predicted molar refractivity (Wildman–Crippen MR) is 489 cm³/mol. The molecule has 0 aliphatic carbocycles. The summed E-state index contributed by atoms with van der Waals surface area (Å²) in [5.74, 6) is -6.07. The van der Waals surface area contributed by atoms with Crippen LogP contribution in [0.3, 0.4) is 0 Å². The summed E-state index contributed by atoms with van der Waals surface area (Å²) in [6.07, 6.45) is 12.1. The molecule has 7 aliphatic heterocycles. The summed E-state index contributed by atoms with van der Waals surface area (Å²) in [5, 5.41) is 2.90. The molecule has 7 heterocycles. The number of nitrogens with one attached hydrogen (secondary N) is 1. The molecule has 0 bridgehead atoms. The highest BCUT2D eigenvalue weighted by Crippen LogP contribution is 2.42. The Morgan fingerprint density at radius 2 is 0.693 bits per heavy atom. The number of benzene rings is 1. The molecule has 127 heavy (non-hydrogen) atoms. The van der Waals surface area contributed by atoms with E-state index < -0.39 is 137 Å². The van der Waals surface area contributed by atoms with Gasteiger partial charge in [-0.15, -0.1) is 0 Å². The van der Waals surface area contributed by atoms with Gasteiger partial charge in [0.15, 0.2) is 23.1 Å². The van der Waals surface area contributed by atoms with Gasteiger partial charge in [0.25, 0.3) is 70.9 Å². The fourth-order valence-electron chi connectivity index (χ4n) is 15.3. The van der Waals surface area contributed by atoms with E-state index >= 15 is 0 Å². The average molecular weight is 1760 g/mol. The lowest BCUT2D eigenvalue weighted by atomic mass is 9.83. The molecule has 26 nitrogen and oxygen atoms in total. The molecule has 0 spiro atoms. The van der Waals surface area contributed by atoms with Crippen LogP contribution in [-0.4, -0.2) is 190 Å². The number of carbonyl (C=O) groups is 18. The first-order valence-corrected chi connectivity index (χ1v) is 44.5. The Morgan fingerprint density at radius 3 is 1.06 bits per heavy atom. The van der Waals surface area contributed by atoms with Gasteiger partial charge in [-0.2, -0.15) is 0 Å². The van der Waals surface area contributed by atoms with E-state index in [1.54, 1.807) is 100 Å². The van der Waals surface area contributed by atoms with Crippen molar-refractivity contribution in [1.29, 1.82) is 0 Å². The van der Waals surface area contributed by atoms with Crippen LogP contribution < -0.4 is 5.32 Å². The first-order valence-electron chi connectivity index (χ1n) is 44.5. The van der Waals surface area contributed by atoms with Crippen molar-refractivity contribution in [3.8, 4) is 0 Å². The summed E-state index contributed by atoms with van der Waals surface area (Å²) in [5.41, 5.74) is -1.99. The molecule has 14 amide bonds. The van der Waals surface area contributed by atoms with Gasteiger partial charge in [-0.3, -0.25) is 116 Å². The molecule has 1 aromatic rings. The summed E-state index contributed by atoms with van der Waals surface area (Å²) in [4.78, 5) is 240. The molecule has 1 N–H and O–H groups in total. The van der Waals surface area contributed by atoms with Crippen LogP contribution in [0, 0.1) is 65.0 Å². The highest BCUT2D eigenvalue weighted by molar-refractivity contribution is 6.23. The van der Waals surface area contributed by atoms with Crippen molar-refractivity contribution in [2.45, 2.75) is 337 Å². The second-order valence-corrected chi connectivity index (χ2v) is 47.5. The maximum atomic E-state index is 13.3. The van der Waals surface area contributed by atoms with E-state index in [2.05, 4.69) is 46.9 Å². The van der Waals surface area contributed by atoms with E-state index in [4.69, 9.17) is 0 Å². The normalized spacial score (nSPS) is 19.3. The van der Waals surface area contributed by atoms with E-state index in [0.29, 0.717) is 77.7 Å². The van der Waals surface area contributed by atoms with Crippen LogP contribution in [0.5, 0.6) is 0 Å². The summed E-state index contributed by atoms with van der Waals surface area (Å²) in [6.45, 7) is 67.3. The molecule has 7 aliphatic rings. The Bertz CT molecular complexity index is 4770. The van der Waals surface area contributed by atoms with Gasteiger partial charge in [-0.05, 0) is 99.5 Å². The Kier molecular flexibility index (Phi) is 32.9. The van der Waals surface area contributed by atoms with Crippen molar-refractivity contribution in [3.05, 3.63) is 99.7 Å². The lowest BCUT2D eigenvalue weighted by Crippen LogP contribution is -2.55. The van der Waals surface area contributed by atoms with Gasteiger partial charge in [-0.1, -0.05) is 261 Å². The lowest BCUT2D eigenvalue weighted by molar-refractivity contribution is -0.151. The number of rotatable bonds is 22. The molecule has 0 radical (unpaired) electrons. The standard InChI is InChI=1S/C28H40N2O4.C26H38N2O5.C24H38N2O4.C23H32N2O5/c1-26(2,3)15-14-22(31)29-19-12-10-18(11-13-19)16-21(24(33)28(7,8)9)30-23(32)17-20(25(30)34)27(4,5)6;1-24(2,3)16-14-19(29)27(22(16)32)13-11-10-12-18(21(31)26(7,8)9)28-20(30)15-17(23(28)33)25(4,5)6;1-22(2,3)11-10-18(27)25-14-15(12-17(25)20(29)24(7,8)9)26-19(28)13-16(21(26)30)23(4,5)6;1-21(2,3)13-10-16(26)24(19(13)29)12-15(18(28)23(7,8)9)25-17(27)11-14(20(25)30)22(4,5)6/h10-13,17,21H,14-16H2,1-9H3,(H,29,31);14-15,18H,10-13H2,1-9H3;13,15,17H,10-12,14H2,1-9H3;10-11,15H,12H2,1-9H3/t21-;18-;15-,17-;/m000./s1. The van der Waals surface area contributed by atoms with Gasteiger partial charge in [0, 0.05) is 130 Å². The number of Topliss-reactive ketones (excluding diaryl/α,β-unsaturated/α-hetero) is 4. The topological polar surface area (TPSA) is 342 Å². The first kappa shape index (κ1) is 108. The average Bonchev–Trinajstić information content (AvgIpc) is 1.61. The van der Waals surface area contributed by atoms with Crippen molar-refractivity contribution in [3.63, 3.8) is 0 Å². The highest BCUT2D eigenvalue weighted by atomic mass is 16.2. The number of carbonyl (C=O) groups excluding carboxylic acids is 18. The number of unbranched alkanes of at least 4 members (excludes halogenated alkanes) is 1. The zero-order chi connectivity index (χ0) is 98.2. The molecule has 26 heteroatoms. The molecule has 0 aromatic heterocycles. The van der Waals surface area contributed by atoms with Crippen molar-refractivity contribution in [2.75, 3.05) is 25.0 Å². The molecule has 1 fully saturated rings. The molecule has 5 atom stereocenters. The van der Waals surface area contributed by atoms with Crippen LogP contribution in [0.15, 0.2) is 94.2 Å². The van der Waals surface area contributed by atoms with Crippen LogP contribution in [0.1, 0.15) is 306 Å². The van der Waals surface area contributed by atoms with Crippen LogP contribution in [0.4, 0.5) is 5.69 Å². The van der Waals surface area contributed by atoms with Crippen molar-refractivity contribution in [1.82, 2.24) is 34.3 Å². The van der Waals surface area contributed by atoms with Crippen LogP contribution in [-0.2, 0) is 92.7 Å². The van der Waals surface area contributed by atoms with E-state index in [0.717, 1.165) is 31.6 Å². The molecular formula is C101H148N8O18. The molecule has 1 saturated heterocycles. The van der Waals surface area contributed by atoms with E-state index in [9.17, 15) is 86.3 Å². The number of hydrogen-bond donors (Lipinski definition) is 1. The maximum absolute atomic E-state index is 13.3. The third-order valence-corrected chi connectivity index (χ3v) is 23.1. The number of amides is 14. The zero-order valence-electron chi connectivity index (χ0n) is 83.1. The lowest BCUT2D eigenvalue weighted by Gasteiger charge is -2.34. The van der Waals surface area contributed by atoms with Crippen LogP contribution >= 0.6 is 0 Å². The van der Waals surface area contributed by atoms with Gasteiger partial charge >= 0.3 is 0 Å². The van der Waals surface area contributed by atoms with Crippen molar-refractivity contribution >= 4 is 112 Å². The number of anilines is 1. The molecule has 8 rings (SSSR count). The molecule has 700 valence electrons. The predicted octanol–water partition coefficient (Wildman–Crippen LogP) is 15.5. The number of ketones is 4. The Hall–Kier alpha value is -9.88. The third kappa shape index (κ3) is 27.4. The van der Waals surface area contributed by atoms with Crippen molar-refractivity contribution < 1.29 is 86.3 Å². The van der Waals surface area contributed by atoms with Gasteiger partial charge in [0.2, 0.25) is 11.8 Å². The van der Waals surface area contributed by atoms with E-state index in [1.165, 1.54) is 46.3 Å². The van der Waals surface area contributed by atoms with Crippen molar-refractivity contribution in [2.24, 2.45) is 65.0 Å². The minimum atomic E-state index is -1.25. The number of imide groups is 6. The molecular weight excluding hydrogens is 1610 g/mol. The second-order valence-electron chi connectivity index (χ2n) is 47.5. The Balaban J connectivity index is 0.000000301. The highest BCUT2D eigenvalue weighted by Gasteiger charge is 2.53. The van der Waals surface area contributed by atoms with Gasteiger partial charge < -0.3 is 10.2 Å². The van der Waals surface area contributed by atoms with Gasteiger partial charge in [0.1, 0.15) is 12.1 Å². The van der Waals surface area contributed by atoms with Gasteiger partial charge in [-0.25, -0.2) is 0 Å². The molecule has 0 saturated carbocycles. The second kappa shape index (κ2) is 38.8.